The van der Waals surface area contributed by atoms with Gasteiger partial charge in [0.05, 0.1) is 30.8 Å². The van der Waals surface area contributed by atoms with Gasteiger partial charge in [-0.15, -0.1) is 0 Å². The van der Waals surface area contributed by atoms with Crippen LogP contribution in [0.3, 0.4) is 0 Å². The van der Waals surface area contributed by atoms with Crippen molar-refractivity contribution in [1.29, 1.82) is 0 Å². The number of halogens is 1. The van der Waals surface area contributed by atoms with Crippen molar-refractivity contribution >= 4 is 35.1 Å². The van der Waals surface area contributed by atoms with Crippen LogP contribution in [-0.2, 0) is 23.9 Å². The van der Waals surface area contributed by atoms with E-state index in [2.05, 4.69) is 0 Å². The van der Waals surface area contributed by atoms with Gasteiger partial charge in [-0.05, 0) is 51.0 Å². The van der Waals surface area contributed by atoms with Gasteiger partial charge in [-0.1, -0.05) is 35.9 Å². The number of carbonyl (C=O) groups is 3. The molecule has 4 heterocycles. The van der Waals surface area contributed by atoms with Crippen molar-refractivity contribution in [2.75, 3.05) is 24.7 Å². The number of aliphatic hydroxyl groups is 1. The van der Waals surface area contributed by atoms with Gasteiger partial charge < -0.3 is 24.4 Å². The zero-order valence-corrected chi connectivity index (χ0v) is 20.5. The van der Waals surface area contributed by atoms with E-state index in [1.807, 2.05) is 18.2 Å². The second-order valence-corrected chi connectivity index (χ2v) is 10.3. The predicted molar refractivity (Wildman–Crippen MR) is 129 cm³/mol. The molecule has 4 aliphatic rings. The van der Waals surface area contributed by atoms with Crippen LogP contribution in [0.1, 0.15) is 26.7 Å². The topological polar surface area (TPSA) is 96.4 Å². The third-order valence-electron chi connectivity index (χ3n) is 7.57. The van der Waals surface area contributed by atoms with Gasteiger partial charge >= 0.3 is 5.97 Å². The molecule has 4 aliphatic heterocycles. The number of nitrogens with zero attached hydrogens (tertiary/aromatic N) is 2. The second-order valence-electron chi connectivity index (χ2n) is 9.81. The van der Waals surface area contributed by atoms with Gasteiger partial charge in [-0.3, -0.25) is 14.4 Å². The van der Waals surface area contributed by atoms with Gasteiger partial charge in [0.15, 0.2) is 0 Å². The lowest BCUT2D eigenvalue weighted by atomic mass is 9.74. The number of allylic oxidation sites excluding steroid dienone is 1. The predicted octanol–water partition coefficient (Wildman–Crippen LogP) is 2.49. The van der Waals surface area contributed by atoms with Gasteiger partial charge in [-0.25, -0.2) is 0 Å². The Kier molecular flexibility index (Phi) is 6.02. The molecule has 186 valence electrons. The maximum atomic E-state index is 14.2. The summed E-state index contributed by atoms with van der Waals surface area (Å²) in [5, 5.41) is 10.5. The van der Waals surface area contributed by atoms with E-state index in [9.17, 15) is 19.5 Å². The molecule has 5 rings (SSSR count). The van der Waals surface area contributed by atoms with Crippen LogP contribution in [0.5, 0.6) is 0 Å². The van der Waals surface area contributed by atoms with Crippen LogP contribution >= 0.6 is 11.6 Å². The van der Waals surface area contributed by atoms with Crippen molar-refractivity contribution in [2.24, 2.45) is 11.8 Å². The SMILES string of the molecule is C[C@H](CO)N1C(=O)[C@@H]2[C@@H]3C(=O)OCCC/C=C\[C@]3(C)O[C@@]23C=CCN(c2ccc(Cl)cc2)C(=O)C13. The normalized spacial score (nSPS) is 36.3. The Bertz CT molecular complexity index is 1100. The van der Waals surface area contributed by atoms with E-state index in [-0.39, 0.29) is 25.7 Å². The van der Waals surface area contributed by atoms with Crippen molar-refractivity contribution in [3.63, 3.8) is 0 Å². The van der Waals surface area contributed by atoms with E-state index in [0.717, 1.165) is 0 Å². The van der Waals surface area contributed by atoms with E-state index < -0.39 is 47.0 Å². The van der Waals surface area contributed by atoms with Crippen LogP contribution in [0.2, 0.25) is 5.02 Å². The highest BCUT2D eigenvalue weighted by Gasteiger charge is 2.75. The first-order valence-electron chi connectivity index (χ1n) is 12.0. The monoisotopic (exact) mass is 500 g/mol. The van der Waals surface area contributed by atoms with Crippen molar-refractivity contribution in [1.82, 2.24) is 4.90 Å². The van der Waals surface area contributed by atoms with Crippen LogP contribution in [0.4, 0.5) is 5.69 Å². The molecule has 0 aromatic heterocycles. The average molecular weight is 501 g/mol. The Morgan fingerprint density at radius 3 is 2.57 bits per heavy atom. The van der Waals surface area contributed by atoms with Crippen LogP contribution in [0.15, 0.2) is 48.6 Å². The van der Waals surface area contributed by atoms with Crippen molar-refractivity contribution in [2.45, 2.75) is 50.0 Å². The Balaban J connectivity index is 1.66. The fourth-order valence-corrected chi connectivity index (χ4v) is 6.11. The molecule has 1 aromatic carbocycles. The van der Waals surface area contributed by atoms with E-state index in [0.29, 0.717) is 23.6 Å². The summed E-state index contributed by atoms with van der Waals surface area (Å²) in [6.45, 7) is 3.63. The highest BCUT2D eigenvalue weighted by atomic mass is 35.5. The van der Waals surface area contributed by atoms with E-state index in [1.54, 1.807) is 49.1 Å². The van der Waals surface area contributed by atoms with Gasteiger partial charge in [0.1, 0.15) is 17.6 Å². The number of esters is 1. The molecule has 0 bridgehead atoms. The molecule has 0 saturated carbocycles. The number of amides is 2. The quantitative estimate of drug-likeness (QED) is 0.506. The second kappa shape index (κ2) is 8.76. The summed E-state index contributed by atoms with van der Waals surface area (Å²) in [6, 6.07) is 5.16. The number of aliphatic hydroxyl groups excluding tert-OH is 1. The van der Waals surface area contributed by atoms with Crippen molar-refractivity contribution in [3.8, 4) is 0 Å². The maximum absolute atomic E-state index is 14.2. The lowest BCUT2D eigenvalue weighted by molar-refractivity contribution is -0.159. The number of benzene rings is 1. The summed E-state index contributed by atoms with van der Waals surface area (Å²) >= 11 is 6.05. The zero-order valence-electron chi connectivity index (χ0n) is 19.7. The lowest BCUT2D eigenvalue weighted by Crippen LogP contribution is -2.58. The first-order valence-corrected chi connectivity index (χ1v) is 12.3. The first-order chi connectivity index (χ1) is 16.7. The molecule has 2 fully saturated rings. The van der Waals surface area contributed by atoms with Gasteiger partial charge in [0.2, 0.25) is 5.91 Å². The van der Waals surface area contributed by atoms with Crippen LogP contribution in [0.25, 0.3) is 0 Å². The summed E-state index contributed by atoms with van der Waals surface area (Å²) in [5.41, 5.74) is -1.89. The fourth-order valence-electron chi connectivity index (χ4n) is 5.99. The molecule has 35 heavy (non-hydrogen) atoms. The van der Waals surface area contributed by atoms with Crippen LogP contribution in [0, 0.1) is 11.8 Å². The Hall–Kier alpha value is -2.68. The Morgan fingerprint density at radius 1 is 1.11 bits per heavy atom. The molecule has 0 radical (unpaired) electrons. The van der Waals surface area contributed by atoms with Gasteiger partial charge in [0.25, 0.3) is 5.91 Å². The minimum atomic E-state index is -1.39. The fraction of sp³-hybridized carbons (Fsp3) is 0.500. The third-order valence-corrected chi connectivity index (χ3v) is 7.82. The maximum Gasteiger partial charge on any atom is 0.313 e. The molecular formula is C26H29ClN2O6. The number of fused-ring (bicyclic) bond motifs is 2. The largest absolute Gasteiger partial charge is 0.465 e. The highest BCUT2D eigenvalue weighted by Crippen LogP contribution is 2.57. The molecule has 8 nitrogen and oxygen atoms in total. The van der Waals surface area contributed by atoms with E-state index >= 15 is 0 Å². The number of hydrogen-bond donors (Lipinski definition) is 1. The summed E-state index contributed by atoms with van der Waals surface area (Å²) in [5.74, 6) is -3.15. The highest BCUT2D eigenvalue weighted by molar-refractivity contribution is 6.30. The van der Waals surface area contributed by atoms with Crippen LogP contribution in [-0.4, -0.2) is 70.8 Å². The molecule has 1 aromatic rings. The molecule has 2 amide bonds. The van der Waals surface area contributed by atoms with Gasteiger partial charge in [-0.2, -0.15) is 0 Å². The number of anilines is 1. The van der Waals surface area contributed by atoms with Crippen molar-refractivity contribution < 1.29 is 29.0 Å². The number of rotatable bonds is 3. The van der Waals surface area contributed by atoms with Gasteiger partial charge in [0, 0.05) is 17.3 Å². The number of likely N-dealkylation sites (tertiary alicyclic amines) is 1. The molecule has 0 aliphatic carbocycles. The minimum absolute atomic E-state index is 0.253. The third kappa shape index (κ3) is 3.61. The summed E-state index contributed by atoms with van der Waals surface area (Å²) in [7, 11) is 0. The first kappa shape index (κ1) is 24.0. The van der Waals surface area contributed by atoms with Crippen molar-refractivity contribution in [3.05, 3.63) is 53.6 Å². The minimum Gasteiger partial charge on any atom is -0.465 e. The standard InChI is InChI=1S/C26H29ClN2O6/c1-16(15-30)29-21-23(32)28(18-9-7-17(27)8-10-18)13-6-12-26(21)19(22(29)31)20-24(33)34-14-5-3-4-11-25(20,2)35-26/h4,6-12,16,19-21,30H,3,5,13-15H2,1-2H3/b11-4-/t16-,19+,20-,21?,25+,26+/m1/s1. The van der Waals surface area contributed by atoms with E-state index in [1.165, 1.54) is 4.90 Å². The molecule has 9 heteroatoms. The molecular weight excluding hydrogens is 472 g/mol. The molecule has 1 N–H and O–H groups in total. The number of hydrogen-bond acceptors (Lipinski definition) is 6. The summed E-state index contributed by atoms with van der Waals surface area (Å²) in [4.78, 5) is 44.5. The van der Waals surface area contributed by atoms with E-state index in [4.69, 9.17) is 21.1 Å². The smallest absolute Gasteiger partial charge is 0.313 e. The summed E-state index contributed by atoms with van der Waals surface area (Å²) in [6.07, 6.45) is 8.75. The molecule has 2 saturated heterocycles. The number of ether oxygens (including phenoxy) is 2. The summed E-state index contributed by atoms with van der Waals surface area (Å²) < 4.78 is 12.2. The average Bonchev–Trinajstić information content (AvgIpc) is 3.19. The Labute approximate surface area is 209 Å². The molecule has 1 unspecified atom stereocenters. The number of carbonyl (C=O) groups excluding carboxylic acids is 3. The molecule has 6 atom stereocenters. The zero-order chi connectivity index (χ0) is 25.0. The number of cyclic esters (lactones) is 1. The lowest BCUT2D eigenvalue weighted by Gasteiger charge is -2.39. The Morgan fingerprint density at radius 2 is 1.86 bits per heavy atom. The van der Waals surface area contributed by atoms with Crippen LogP contribution < -0.4 is 4.90 Å². The molecule has 1 spiro atoms.